The summed E-state index contributed by atoms with van der Waals surface area (Å²) < 4.78 is 15.6. The molecular weight excluding hydrogens is 230 g/mol. The van der Waals surface area contributed by atoms with Crippen LogP contribution in [0, 0.1) is 12.3 Å². The molecule has 0 amide bonds. The molecule has 92 valence electrons. The molecule has 0 aliphatic heterocycles. The third kappa shape index (κ3) is 2.70. The molecule has 4 nitrogen and oxygen atoms in total. The van der Waals surface area contributed by atoms with Crippen LogP contribution in [0.3, 0.4) is 0 Å². The lowest BCUT2D eigenvalue weighted by molar-refractivity contribution is 0.129. The lowest BCUT2D eigenvalue weighted by atomic mass is 10.1. The van der Waals surface area contributed by atoms with Gasteiger partial charge in [-0.15, -0.1) is 6.42 Å². The Balaban J connectivity index is 2.16. The second kappa shape index (κ2) is 5.89. The van der Waals surface area contributed by atoms with Crippen molar-refractivity contribution in [1.82, 2.24) is 5.16 Å². The zero-order chi connectivity index (χ0) is 12.8. The largest absolute Gasteiger partial charge is 0.496 e. The number of hydrogen-bond acceptors (Lipinski definition) is 4. The van der Waals surface area contributed by atoms with Crippen LogP contribution in [-0.4, -0.2) is 18.9 Å². The topological polar surface area (TPSA) is 44.5 Å². The molecule has 2 rings (SSSR count). The Hall–Kier alpha value is -2.25. The number of nitrogens with zero attached hydrogens (tertiary/aromatic N) is 1. The molecule has 0 N–H and O–H groups in total. The van der Waals surface area contributed by atoms with Gasteiger partial charge in [-0.2, -0.15) is 0 Å². The Morgan fingerprint density at radius 1 is 1.39 bits per heavy atom. The van der Waals surface area contributed by atoms with Crippen molar-refractivity contribution < 1.29 is 14.0 Å². The van der Waals surface area contributed by atoms with Gasteiger partial charge in [-0.25, -0.2) is 0 Å². The van der Waals surface area contributed by atoms with Crippen molar-refractivity contribution in [3.63, 3.8) is 0 Å². The van der Waals surface area contributed by atoms with E-state index >= 15 is 0 Å². The maximum atomic E-state index is 5.27. The van der Waals surface area contributed by atoms with Crippen LogP contribution in [0.2, 0.25) is 0 Å². The van der Waals surface area contributed by atoms with Crippen molar-refractivity contribution in [2.45, 2.75) is 6.61 Å². The molecule has 1 aromatic heterocycles. The lowest BCUT2D eigenvalue weighted by Crippen LogP contribution is -1.90. The molecule has 0 bridgehead atoms. The fraction of sp³-hybridized carbons (Fsp3) is 0.214. The minimum absolute atomic E-state index is 0.255. The van der Waals surface area contributed by atoms with Gasteiger partial charge in [-0.05, 0) is 12.1 Å². The van der Waals surface area contributed by atoms with E-state index in [1.165, 1.54) is 0 Å². The van der Waals surface area contributed by atoms with Gasteiger partial charge in [0, 0.05) is 11.6 Å². The van der Waals surface area contributed by atoms with Gasteiger partial charge in [-0.3, -0.25) is 0 Å². The van der Waals surface area contributed by atoms with Crippen molar-refractivity contribution in [2.24, 2.45) is 0 Å². The maximum absolute atomic E-state index is 5.27. The second-order valence-corrected chi connectivity index (χ2v) is 3.58. The molecule has 18 heavy (non-hydrogen) atoms. The molecule has 0 atom stereocenters. The third-order valence-corrected chi connectivity index (χ3v) is 2.37. The molecule has 0 aliphatic carbocycles. The summed E-state index contributed by atoms with van der Waals surface area (Å²) in [5.74, 6) is 3.77. The fourth-order valence-electron chi connectivity index (χ4n) is 1.57. The Kier molecular flexibility index (Phi) is 4.00. The van der Waals surface area contributed by atoms with Crippen LogP contribution in [0.25, 0.3) is 11.3 Å². The summed E-state index contributed by atoms with van der Waals surface area (Å²) >= 11 is 0. The number of aromatic nitrogens is 1. The summed E-state index contributed by atoms with van der Waals surface area (Å²) in [6.45, 7) is 0.567. The number of hydrogen-bond donors (Lipinski definition) is 0. The Labute approximate surface area is 106 Å². The van der Waals surface area contributed by atoms with Crippen molar-refractivity contribution >= 4 is 0 Å². The van der Waals surface area contributed by atoms with Gasteiger partial charge in [-0.1, -0.05) is 23.2 Å². The molecule has 1 aromatic carbocycles. The van der Waals surface area contributed by atoms with E-state index in [2.05, 4.69) is 11.1 Å². The summed E-state index contributed by atoms with van der Waals surface area (Å²) in [6, 6.07) is 9.43. The zero-order valence-electron chi connectivity index (χ0n) is 10.1. The van der Waals surface area contributed by atoms with Crippen LogP contribution in [0.5, 0.6) is 5.75 Å². The molecule has 0 spiro atoms. The highest BCUT2D eigenvalue weighted by Gasteiger charge is 2.10. The summed E-state index contributed by atoms with van der Waals surface area (Å²) in [5, 5.41) is 3.99. The van der Waals surface area contributed by atoms with Crippen molar-refractivity contribution in [3.05, 3.63) is 36.1 Å². The van der Waals surface area contributed by atoms with E-state index in [0.29, 0.717) is 18.1 Å². The molecule has 0 radical (unpaired) electrons. The Bertz CT molecular complexity index is 554. The lowest BCUT2D eigenvalue weighted by Gasteiger charge is -2.03. The van der Waals surface area contributed by atoms with Gasteiger partial charge >= 0.3 is 0 Å². The first-order valence-electron chi connectivity index (χ1n) is 5.45. The minimum atomic E-state index is 0.255. The van der Waals surface area contributed by atoms with E-state index in [1.54, 1.807) is 7.11 Å². The summed E-state index contributed by atoms with van der Waals surface area (Å²) in [4.78, 5) is 0. The molecule has 4 heteroatoms. The number of para-hydroxylation sites is 1. The van der Waals surface area contributed by atoms with Crippen molar-refractivity contribution in [3.8, 4) is 29.4 Å². The highest BCUT2D eigenvalue weighted by molar-refractivity contribution is 5.66. The smallest absolute Gasteiger partial charge is 0.163 e. The summed E-state index contributed by atoms with van der Waals surface area (Å²) in [7, 11) is 1.62. The van der Waals surface area contributed by atoms with Crippen LogP contribution >= 0.6 is 0 Å². The standard InChI is InChI=1S/C14H13NO3/c1-3-8-17-10-11-9-13(15-18-11)12-6-4-5-7-14(12)16-2/h1,4-7,9H,8,10H2,2H3. The highest BCUT2D eigenvalue weighted by Crippen LogP contribution is 2.28. The predicted molar refractivity (Wildman–Crippen MR) is 67.0 cm³/mol. The number of methoxy groups -OCH3 is 1. The molecule has 0 saturated carbocycles. The highest BCUT2D eigenvalue weighted by atomic mass is 16.5. The Morgan fingerprint density at radius 2 is 2.22 bits per heavy atom. The molecule has 1 heterocycles. The van der Waals surface area contributed by atoms with Crippen LogP contribution in [-0.2, 0) is 11.3 Å². The van der Waals surface area contributed by atoms with E-state index in [0.717, 1.165) is 11.3 Å². The van der Waals surface area contributed by atoms with Crippen LogP contribution in [0.1, 0.15) is 5.76 Å². The number of benzene rings is 1. The van der Waals surface area contributed by atoms with E-state index < -0.39 is 0 Å². The first-order valence-corrected chi connectivity index (χ1v) is 5.45. The normalized spacial score (nSPS) is 10.0. The van der Waals surface area contributed by atoms with Crippen LogP contribution in [0.15, 0.2) is 34.9 Å². The van der Waals surface area contributed by atoms with E-state index in [-0.39, 0.29) is 6.61 Å². The van der Waals surface area contributed by atoms with Gasteiger partial charge in [0.15, 0.2) is 5.76 Å². The van der Waals surface area contributed by atoms with Gasteiger partial charge in [0.25, 0.3) is 0 Å². The fourth-order valence-corrected chi connectivity index (χ4v) is 1.57. The molecule has 2 aromatic rings. The molecule has 0 unspecified atom stereocenters. The Morgan fingerprint density at radius 3 is 3.00 bits per heavy atom. The minimum Gasteiger partial charge on any atom is -0.496 e. The van der Waals surface area contributed by atoms with Crippen LogP contribution < -0.4 is 4.74 Å². The summed E-state index contributed by atoms with van der Waals surface area (Å²) in [6.07, 6.45) is 5.09. The van der Waals surface area contributed by atoms with Crippen molar-refractivity contribution in [1.29, 1.82) is 0 Å². The molecule has 0 fully saturated rings. The van der Waals surface area contributed by atoms with Gasteiger partial charge in [0.2, 0.25) is 0 Å². The van der Waals surface area contributed by atoms with Crippen molar-refractivity contribution in [2.75, 3.05) is 13.7 Å². The average molecular weight is 243 g/mol. The maximum Gasteiger partial charge on any atom is 0.163 e. The van der Waals surface area contributed by atoms with Gasteiger partial charge in [0.05, 0.1) is 7.11 Å². The quantitative estimate of drug-likeness (QED) is 0.598. The molecule has 0 saturated heterocycles. The predicted octanol–water partition coefficient (Wildman–Crippen LogP) is 2.50. The monoisotopic (exact) mass is 243 g/mol. The number of ether oxygens (including phenoxy) is 2. The first-order chi connectivity index (χ1) is 8.85. The van der Waals surface area contributed by atoms with E-state index in [1.807, 2.05) is 30.3 Å². The van der Waals surface area contributed by atoms with Gasteiger partial charge < -0.3 is 14.0 Å². The average Bonchev–Trinajstić information content (AvgIpc) is 2.88. The molecular formula is C14H13NO3. The van der Waals surface area contributed by atoms with Gasteiger partial charge in [0.1, 0.15) is 24.7 Å². The summed E-state index contributed by atoms with van der Waals surface area (Å²) in [5.41, 5.74) is 1.60. The third-order valence-electron chi connectivity index (χ3n) is 2.37. The number of terminal acetylenes is 1. The second-order valence-electron chi connectivity index (χ2n) is 3.58. The SMILES string of the molecule is C#CCOCc1cc(-c2ccccc2OC)no1. The van der Waals surface area contributed by atoms with Crippen LogP contribution in [0.4, 0.5) is 0 Å². The number of rotatable bonds is 5. The zero-order valence-corrected chi connectivity index (χ0v) is 10.1. The van der Waals surface area contributed by atoms with E-state index in [9.17, 15) is 0 Å². The van der Waals surface area contributed by atoms with E-state index in [4.69, 9.17) is 20.4 Å². The first kappa shape index (κ1) is 12.2. The molecule has 0 aliphatic rings.